The summed E-state index contributed by atoms with van der Waals surface area (Å²) in [5.41, 5.74) is 4.95. The van der Waals surface area contributed by atoms with E-state index >= 15 is 0 Å². The van der Waals surface area contributed by atoms with Crippen molar-refractivity contribution in [1.82, 2.24) is 20.4 Å². The van der Waals surface area contributed by atoms with Crippen LogP contribution in [-0.2, 0) is 25.9 Å². The monoisotopic (exact) mass is 432 g/mol. The van der Waals surface area contributed by atoms with Crippen molar-refractivity contribution < 1.29 is 14.6 Å². The highest BCUT2D eigenvalue weighted by molar-refractivity contribution is 7.99. The molecule has 164 valence electrons. The van der Waals surface area contributed by atoms with Crippen LogP contribution in [0.4, 0.5) is 0 Å². The predicted molar refractivity (Wildman–Crippen MR) is 119 cm³/mol. The van der Waals surface area contributed by atoms with E-state index in [0.717, 1.165) is 61.8 Å². The Hall–Kier alpha value is -1.74. The number of hydrogen-bond donors (Lipinski definition) is 3. The molecule has 7 nitrogen and oxygen atoms in total. The number of β-amino-alcohol motifs (C(OH)–C–C–N with tert-alkyl or cyclic N) is 1. The van der Waals surface area contributed by atoms with Gasteiger partial charge in [-0.15, -0.1) is 0 Å². The Bertz CT molecular complexity index is 823. The number of aliphatic hydroxyl groups is 1. The fourth-order valence-electron chi connectivity index (χ4n) is 4.12. The first-order valence-corrected chi connectivity index (χ1v) is 11.9. The van der Waals surface area contributed by atoms with Crippen LogP contribution in [0.1, 0.15) is 28.9 Å². The molecule has 0 radical (unpaired) electrons. The molecule has 1 saturated heterocycles. The Labute approximate surface area is 182 Å². The van der Waals surface area contributed by atoms with Crippen LogP contribution < -0.4 is 14.8 Å². The van der Waals surface area contributed by atoms with Crippen molar-refractivity contribution in [3.63, 3.8) is 0 Å². The fraction of sp³-hybridized carbons (Fsp3) is 0.591. The van der Waals surface area contributed by atoms with Gasteiger partial charge in [-0.3, -0.25) is 10.00 Å². The summed E-state index contributed by atoms with van der Waals surface area (Å²) < 4.78 is 11.4. The predicted octanol–water partition coefficient (Wildman–Crippen LogP) is 1.99. The lowest BCUT2D eigenvalue weighted by atomic mass is 10.1. The molecule has 1 fully saturated rings. The number of nitrogens with one attached hydrogen (secondary N) is 2. The molecule has 0 spiro atoms. The van der Waals surface area contributed by atoms with Crippen LogP contribution in [0.15, 0.2) is 18.2 Å². The molecule has 1 atom stereocenters. The number of fused-ring (bicyclic) bond motifs is 1. The van der Waals surface area contributed by atoms with Crippen molar-refractivity contribution in [1.29, 1.82) is 0 Å². The van der Waals surface area contributed by atoms with Gasteiger partial charge in [0.2, 0.25) is 0 Å². The molecule has 1 aromatic heterocycles. The average Bonchev–Trinajstić information content (AvgIpc) is 3.38. The number of aromatic amines is 1. The van der Waals surface area contributed by atoms with E-state index in [-0.39, 0.29) is 6.61 Å². The lowest BCUT2D eigenvalue weighted by molar-refractivity contribution is 0.0705. The van der Waals surface area contributed by atoms with E-state index in [2.05, 4.69) is 20.4 Å². The van der Waals surface area contributed by atoms with Crippen LogP contribution in [0.5, 0.6) is 11.5 Å². The van der Waals surface area contributed by atoms with Gasteiger partial charge in [0.05, 0.1) is 12.8 Å². The minimum absolute atomic E-state index is 0.266. The molecule has 4 rings (SSSR count). The van der Waals surface area contributed by atoms with Gasteiger partial charge in [-0.2, -0.15) is 16.9 Å². The maximum Gasteiger partial charge on any atom is 0.161 e. The molecule has 1 aromatic carbocycles. The highest BCUT2D eigenvalue weighted by Crippen LogP contribution is 2.28. The number of H-pyrrole nitrogens is 1. The topological polar surface area (TPSA) is 82.6 Å². The van der Waals surface area contributed by atoms with E-state index < -0.39 is 6.10 Å². The van der Waals surface area contributed by atoms with Gasteiger partial charge >= 0.3 is 0 Å². The van der Waals surface area contributed by atoms with Gasteiger partial charge in [0.25, 0.3) is 0 Å². The Morgan fingerprint density at radius 3 is 2.93 bits per heavy atom. The molecule has 8 heteroatoms. The van der Waals surface area contributed by atoms with Crippen LogP contribution in [0, 0.1) is 0 Å². The number of aromatic nitrogens is 2. The lowest BCUT2D eigenvalue weighted by Gasteiger charge is -2.28. The zero-order valence-corrected chi connectivity index (χ0v) is 18.5. The summed E-state index contributed by atoms with van der Waals surface area (Å²) in [5, 5.41) is 21.4. The Kier molecular flexibility index (Phi) is 7.54. The number of hydrogen-bond acceptors (Lipinski definition) is 7. The molecule has 0 saturated carbocycles. The summed E-state index contributed by atoms with van der Waals surface area (Å²) in [6, 6.07) is 5.95. The van der Waals surface area contributed by atoms with Crippen molar-refractivity contribution in [2.45, 2.75) is 38.5 Å². The van der Waals surface area contributed by atoms with Gasteiger partial charge in [0.1, 0.15) is 12.7 Å². The highest BCUT2D eigenvalue weighted by Gasteiger charge is 2.18. The number of benzene rings is 1. The van der Waals surface area contributed by atoms with Crippen molar-refractivity contribution >= 4 is 11.8 Å². The minimum Gasteiger partial charge on any atom is -0.493 e. The molecule has 30 heavy (non-hydrogen) atoms. The molecule has 1 unspecified atom stereocenters. The third-order valence-electron chi connectivity index (χ3n) is 5.75. The molecule has 2 aliphatic rings. The Morgan fingerprint density at radius 2 is 2.10 bits per heavy atom. The zero-order valence-electron chi connectivity index (χ0n) is 17.7. The van der Waals surface area contributed by atoms with Gasteiger partial charge in [0.15, 0.2) is 11.5 Å². The first-order valence-electron chi connectivity index (χ1n) is 10.8. The molecule has 0 amide bonds. The van der Waals surface area contributed by atoms with Crippen LogP contribution in [0.2, 0.25) is 0 Å². The maximum atomic E-state index is 10.3. The number of methoxy groups -OCH3 is 1. The number of ether oxygens (including phenoxy) is 2. The van der Waals surface area contributed by atoms with Gasteiger partial charge in [0, 0.05) is 49.9 Å². The number of aryl methyl sites for hydroxylation is 1. The molecular formula is C22H32N4O3S. The van der Waals surface area contributed by atoms with E-state index in [9.17, 15) is 5.11 Å². The quantitative estimate of drug-likeness (QED) is 0.530. The van der Waals surface area contributed by atoms with E-state index in [4.69, 9.17) is 9.47 Å². The highest BCUT2D eigenvalue weighted by atomic mass is 32.2. The summed E-state index contributed by atoms with van der Waals surface area (Å²) in [6.07, 6.45) is 2.97. The normalized spacial score (nSPS) is 17.7. The van der Waals surface area contributed by atoms with Crippen LogP contribution >= 0.6 is 11.8 Å². The molecule has 2 aromatic rings. The third kappa shape index (κ3) is 5.49. The van der Waals surface area contributed by atoms with E-state index in [1.54, 1.807) is 7.11 Å². The summed E-state index contributed by atoms with van der Waals surface area (Å²) >= 11 is 1.97. The number of nitrogens with zero attached hydrogens (tertiary/aromatic N) is 2. The minimum atomic E-state index is -0.505. The van der Waals surface area contributed by atoms with Gasteiger partial charge in [-0.25, -0.2) is 0 Å². The van der Waals surface area contributed by atoms with E-state index in [1.807, 2.05) is 30.0 Å². The van der Waals surface area contributed by atoms with Crippen molar-refractivity contribution in [3.8, 4) is 11.5 Å². The number of aliphatic hydroxyl groups excluding tert-OH is 1. The van der Waals surface area contributed by atoms with Crippen LogP contribution in [0.3, 0.4) is 0 Å². The molecule has 0 bridgehead atoms. The maximum absolute atomic E-state index is 10.3. The second-order valence-electron chi connectivity index (χ2n) is 7.95. The molecule has 3 N–H and O–H groups in total. The number of rotatable bonds is 10. The summed E-state index contributed by atoms with van der Waals surface area (Å²) in [5.74, 6) is 3.63. The molecule has 1 aliphatic heterocycles. The summed E-state index contributed by atoms with van der Waals surface area (Å²) in [7, 11) is 1.65. The Morgan fingerprint density at radius 1 is 1.23 bits per heavy atom. The molecule has 2 heterocycles. The van der Waals surface area contributed by atoms with Crippen molar-refractivity contribution in [2.75, 3.05) is 44.9 Å². The van der Waals surface area contributed by atoms with Crippen molar-refractivity contribution in [2.24, 2.45) is 0 Å². The fourth-order valence-corrected chi connectivity index (χ4v) is 5.10. The second kappa shape index (κ2) is 10.5. The lowest BCUT2D eigenvalue weighted by Crippen LogP contribution is -2.40. The molecular weight excluding hydrogens is 400 g/mol. The SMILES string of the molecule is COc1cc(CNCc2n[nH]c3c2CCC3)ccc1OCC(O)CN1CCSCC1. The van der Waals surface area contributed by atoms with Crippen molar-refractivity contribution in [3.05, 3.63) is 40.7 Å². The van der Waals surface area contributed by atoms with E-state index in [1.165, 1.54) is 17.7 Å². The van der Waals surface area contributed by atoms with Crippen LogP contribution in [-0.4, -0.2) is 71.2 Å². The first kappa shape index (κ1) is 21.5. The van der Waals surface area contributed by atoms with Gasteiger partial charge < -0.3 is 19.9 Å². The average molecular weight is 433 g/mol. The standard InChI is InChI=1S/C22H32N4O3S/c1-28-22-11-16(12-23-13-20-18-3-2-4-19(18)24-25-20)5-6-21(22)29-15-17(27)14-26-7-9-30-10-8-26/h5-6,11,17,23,27H,2-4,7-10,12-15H2,1H3,(H,24,25). The van der Waals surface area contributed by atoms with Crippen LogP contribution in [0.25, 0.3) is 0 Å². The Balaban J connectivity index is 1.25. The first-order chi connectivity index (χ1) is 14.7. The largest absolute Gasteiger partial charge is 0.493 e. The molecule has 1 aliphatic carbocycles. The number of thioether (sulfide) groups is 1. The smallest absolute Gasteiger partial charge is 0.161 e. The van der Waals surface area contributed by atoms with Gasteiger partial charge in [-0.1, -0.05) is 6.07 Å². The zero-order chi connectivity index (χ0) is 20.8. The second-order valence-corrected chi connectivity index (χ2v) is 9.17. The third-order valence-corrected chi connectivity index (χ3v) is 6.69. The summed E-state index contributed by atoms with van der Waals surface area (Å²) in [6.45, 7) is 4.48. The van der Waals surface area contributed by atoms with Gasteiger partial charge in [-0.05, 0) is 42.5 Å². The summed E-state index contributed by atoms with van der Waals surface area (Å²) in [4.78, 5) is 2.30. The van der Waals surface area contributed by atoms with E-state index in [0.29, 0.717) is 18.0 Å².